The Morgan fingerprint density at radius 2 is 1.77 bits per heavy atom. The number of anilines is 1. The zero-order chi connectivity index (χ0) is 15.9. The quantitative estimate of drug-likeness (QED) is 0.857. The Balaban J connectivity index is 1.87. The zero-order valence-electron chi connectivity index (χ0n) is 12.1. The van der Waals surface area contributed by atoms with Crippen LogP contribution in [0, 0.1) is 0 Å². The fraction of sp³-hybridized carbons (Fsp3) is 0.176. The fourth-order valence-electron chi connectivity index (χ4n) is 1.90. The van der Waals surface area contributed by atoms with Crippen molar-refractivity contribution in [3.63, 3.8) is 0 Å². The summed E-state index contributed by atoms with van der Waals surface area (Å²) in [5.41, 5.74) is 2.29. The van der Waals surface area contributed by atoms with Crippen molar-refractivity contribution < 1.29 is 14.3 Å². The smallest absolute Gasteiger partial charge is 0.310 e. The lowest BCUT2D eigenvalue weighted by atomic mass is 10.1. The second kappa shape index (κ2) is 7.61. The van der Waals surface area contributed by atoms with Crippen LogP contribution < -0.4 is 5.32 Å². The van der Waals surface area contributed by atoms with Crippen LogP contribution in [0.4, 0.5) is 5.69 Å². The standard InChI is InChI=1S/C17H16ClNO3/c1-12(20)19-15-8-6-13(7-9-15)10-17(21)22-11-14-4-2-3-5-16(14)18/h2-9H,10-11H2,1H3,(H,19,20). The monoisotopic (exact) mass is 317 g/mol. The molecule has 0 aromatic heterocycles. The van der Waals surface area contributed by atoms with Gasteiger partial charge in [-0.2, -0.15) is 0 Å². The summed E-state index contributed by atoms with van der Waals surface area (Å²) in [7, 11) is 0. The molecule has 0 aliphatic rings. The third-order valence-electron chi connectivity index (χ3n) is 2.97. The molecule has 22 heavy (non-hydrogen) atoms. The van der Waals surface area contributed by atoms with Crippen molar-refractivity contribution in [2.75, 3.05) is 5.32 Å². The van der Waals surface area contributed by atoms with Crippen LogP contribution in [0.1, 0.15) is 18.1 Å². The van der Waals surface area contributed by atoms with Crippen LogP contribution in [0.3, 0.4) is 0 Å². The lowest BCUT2D eigenvalue weighted by Gasteiger charge is -2.07. The van der Waals surface area contributed by atoms with Gasteiger partial charge >= 0.3 is 5.97 Å². The van der Waals surface area contributed by atoms with Gasteiger partial charge in [-0.25, -0.2) is 0 Å². The van der Waals surface area contributed by atoms with Gasteiger partial charge in [0.25, 0.3) is 0 Å². The van der Waals surface area contributed by atoms with E-state index in [4.69, 9.17) is 16.3 Å². The van der Waals surface area contributed by atoms with Crippen molar-refractivity contribution in [1.29, 1.82) is 0 Å². The number of benzene rings is 2. The summed E-state index contributed by atoms with van der Waals surface area (Å²) >= 11 is 6.00. The van der Waals surface area contributed by atoms with Gasteiger partial charge in [-0.15, -0.1) is 0 Å². The highest BCUT2D eigenvalue weighted by Gasteiger charge is 2.07. The first kappa shape index (κ1) is 16.0. The maximum atomic E-state index is 11.8. The van der Waals surface area contributed by atoms with Gasteiger partial charge in [-0.05, 0) is 23.8 Å². The second-order valence-corrected chi connectivity index (χ2v) is 5.21. The lowest BCUT2D eigenvalue weighted by Crippen LogP contribution is -2.09. The van der Waals surface area contributed by atoms with Crippen LogP contribution in [-0.2, 0) is 27.4 Å². The Bertz CT molecular complexity index is 668. The fourth-order valence-corrected chi connectivity index (χ4v) is 2.09. The molecule has 0 bridgehead atoms. The highest BCUT2D eigenvalue weighted by atomic mass is 35.5. The molecule has 2 aromatic rings. The molecule has 4 nitrogen and oxygen atoms in total. The van der Waals surface area contributed by atoms with Crippen LogP contribution in [0.15, 0.2) is 48.5 Å². The summed E-state index contributed by atoms with van der Waals surface area (Å²) in [5.74, 6) is -0.459. The van der Waals surface area contributed by atoms with Crippen molar-refractivity contribution in [3.8, 4) is 0 Å². The van der Waals surface area contributed by atoms with E-state index in [9.17, 15) is 9.59 Å². The molecule has 0 aliphatic heterocycles. The molecule has 0 radical (unpaired) electrons. The molecule has 1 N–H and O–H groups in total. The van der Waals surface area contributed by atoms with Crippen LogP contribution in [0.2, 0.25) is 5.02 Å². The van der Waals surface area contributed by atoms with E-state index >= 15 is 0 Å². The SMILES string of the molecule is CC(=O)Nc1ccc(CC(=O)OCc2ccccc2Cl)cc1. The van der Waals surface area contributed by atoms with Gasteiger partial charge in [0, 0.05) is 23.2 Å². The highest BCUT2D eigenvalue weighted by molar-refractivity contribution is 6.31. The number of esters is 1. The van der Waals surface area contributed by atoms with Gasteiger partial charge in [0.15, 0.2) is 0 Å². The van der Waals surface area contributed by atoms with E-state index in [1.165, 1.54) is 6.92 Å². The molecule has 0 heterocycles. The molecule has 0 saturated heterocycles. The summed E-state index contributed by atoms with van der Waals surface area (Å²) in [6.07, 6.45) is 0.171. The number of halogens is 1. The highest BCUT2D eigenvalue weighted by Crippen LogP contribution is 2.16. The molecule has 5 heteroatoms. The van der Waals surface area contributed by atoms with E-state index in [0.717, 1.165) is 11.1 Å². The maximum absolute atomic E-state index is 11.8. The molecule has 2 rings (SSSR count). The molecule has 0 aliphatic carbocycles. The van der Waals surface area contributed by atoms with Gasteiger partial charge in [-0.1, -0.05) is 41.9 Å². The molecule has 0 saturated carbocycles. The number of amides is 1. The van der Waals surface area contributed by atoms with Gasteiger partial charge in [0.2, 0.25) is 5.91 Å². The largest absolute Gasteiger partial charge is 0.461 e. The van der Waals surface area contributed by atoms with Gasteiger partial charge in [0.05, 0.1) is 6.42 Å². The van der Waals surface area contributed by atoms with E-state index in [1.54, 1.807) is 30.3 Å². The Kier molecular flexibility index (Phi) is 5.55. The minimum absolute atomic E-state index is 0.133. The van der Waals surface area contributed by atoms with Gasteiger partial charge in [-0.3, -0.25) is 9.59 Å². The minimum Gasteiger partial charge on any atom is -0.461 e. The first-order valence-electron chi connectivity index (χ1n) is 6.80. The first-order chi connectivity index (χ1) is 10.5. The van der Waals surface area contributed by atoms with Crippen LogP contribution in [-0.4, -0.2) is 11.9 Å². The molecule has 2 aromatic carbocycles. The number of carbonyl (C=O) groups is 2. The summed E-state index contributed by atoms with van der Waals surface area (Å²) in [6.45, 7) is 1.60. The van der Waals surface area contributed by atoms with Crippen LogP contribution in [0.25, 0.3) is 0 Å². The summed E-state index contributed by atoms with van der Waals surface area (Å²) < 4.78 is 5.21. The van der Waals surface area contributed by atoms with E-state index in [2.05, 4.69) is 5.32 Å². The molecule has 0 spiro atoms. The Labute approximate surface area is 134 Å². The zero-order valence-corrected chi connectivity index (χ0v) is 12.9. The van der Waals surface area contributed by atoms with E-state index in [1.807, 2.05) is 18.2 Å². The van der Waals surface area contributed by atoms with Crippen molar-refractivity contribution in [1.82, 2.24) is 0 Å². The van der Waals surface area contributed by atoms with Gasteiger partial charge < -0.3 is 10.1 Å². The third-order valence-corrected chi connectivity index (χ3v) is 3.34. The number of ether oxygens (including phenoxy) is 1. The molecular weight excluding hydrogens is 302 g/mol. The Hall–Kier alpha value is -2.33. The van der Waals surface area contributed by atoms with Crippen LogP contribution >= 0.6 is 11.6 Å². The predicted octanol–water partition coefficient (Wildman–Crippen LogP) is 3.58. The summed E-state index contributed by atoms with van der Waals surface area (Å²) in [4.78, 5) is 22.8. The number of nitrogens with one attached hydrogen (secondary N) is 1. The lowest BCUT2D eigenvalue weighted by molar-refractivity contribution is -0.144. The average molecular weight is 318 g/mol. The van der Waals surface area contributed by atoms with Gasteiger partial charge in [0.1, 0.15) is 6.61 Å². The molecule has 0 unspecified atom stereocenters. The summed E-state index contributed by atoms with van der Waals surface area (Å²) in [5, 5.41) is 3.25. The topological polar surface area (TPSA) is 55.4 Å². The maximum Gasteiger partial charge on any atom is 0.310 e. The van der Waals surface area contributed by atoms with Crippen molar-refractivity contribution >= 4 is 29.2 Å². The molecule has 1 amide bonds. The van der Waals surface area contributed by atoms with E-state index in [-0.39, 0.29) is 24.9 Å². The molecule has 0 atom stereocenters. The van der Waals surface area contributed by atoms with Crippen molar-refractivity contribution in [3.05, 3.63) is 64.7 Å². The third kappa shape index (κ3) is 4.90. The predicted molar refractivity (Wildman–Crippen MR) is 85.7 cm³/mol. The summed E-state index contributed by atoms with van der Waals surface area (Å²) in [6, 6.07) is 14.3. The van der Waals surface area contributed by atoms with Crippen LogP contribution in [0.5, 0.6) is 0 Å². The average Bonchev–Trinajstić information content (AvgIpc) is 2.48. The molecular formula is C17H16ClNO3. The minimum atomic E-state index is -0.327. The van der Waals surface area contributed by atoms with Crippen molar-refractivity contribution in [2.45, 2.75) is 20.0 Å². The second-order valence-electron chi connectivity index (χ2n) is 4.81. The van der Waals surface area contributed by atoms with E-state index < -0.39 is 0 Å². The van der Waals surface area contributed by atoms with E-state index in [0.29, 0.717) is 10.7 Å². The normalized spacial score (nSPS) is 10.1. The number of hydrogen-bond donors (Lipinski definition) is 1. The first-order valence-corrected chi connectivity index (χ1v) is 7.18. The Morgan fingerprint density at radius 3 is 2.41 bits per heavy atom. The molecule has 0 fully saturated rings. The molecule has 114 valence electrons. The van der Waals surface area contributed by atoms with Crippen molar-refractivity contribution in [2.24, 2.45) is 0 Å². The Morgan fingerprint density at radius 1 is 1.09 bits per heavy atom. The number of hydrogen-bond acceptors (Lipinski definition) is 3. The number of carbonyl (C=O) groups excluding carboxylic acids is 2. The number of rotatable bonds is 5.